The monoisotopic (exact) mass is 316 g/mol. The first kappa shape index (κ1) is 15.9. The third-order valence-corrected chi connectivity index (χ3v) is 4.38. The summed E-state index contributed by atoms with van der Waals surface area (Å²) in [4.78, 5) is 4.62. The van der Waals surface area contributed by atoms with Crippen molar-refractivity contribution in [2.75, 3.05) is 20.8 Å². The Bertz CT molecular complexity index is 679. The van der Waals surface area contributed by atoms with Crippen LogP contribution in [-0.4, -0.2) is 36.0 Å². The molecule has 0 radical (unpaired) electrons. The Hall–Kier alpha value is -2.01. The molecule has 1 fully saturated rings. The quantitative estimate of drug-likeness (QED) is 0.865. The van der Waals surface area contributed by atoms with E-state index in [1.807, 2.05) is 30.6 Å². The Morgan fingerprint density at radius 1 is 1.26 bits per heavy atom. The van der Waals surface area contributed by atoms with E-state index in [1.54, 1.807) is 14.2 Å². The molecule has 5 heteroatoms. The SMILES string of the molecule is COc1ccc(OC)c(-n2ccnc2C2CCOC(C)(C)C2)c1. The molecule has 5 nitrogen and oxygen atoms in total. The van der Waals surface area contributed by atoms with E-state index in [9.17, 15) is 0 Å². The molecule has 0 amide bonds. The number of benzene rings is 1. The van der Waals surface area contributed by atoms with E-state index < -0.39 is 0 Å². The zero-order chi connectivity index (χ0) is 16.4. The van der Waals surface area contributed by atoms with E-state index in [1.165, 1.54) is 0 Å². The number of hydrogen-bond acceptors (Lipinski definition) is 4. The fourth-order valence-electron chi connectivity index (χ4n) is 3.26. The van der Waals surface area contributed by atoms with Crippen LogP contribution in [-0.2, 0) is 4.74 Å². The molecule has 2 aromatic rings. The van der Waals surface area contributed by atoms with Crippen molar-refractivity contribution in [1.29, 1.82) is 0 Å². The fraction of sp³-hybridized carbons (Fsp3) is 0.500. The third kappa shape index (κ3) is 3.20. The summed E-state index contributed by atoms with van der Waals surface area (Å²) in [5.41, 5.74) is 0.835. The van der Waals surface area contributed by atoms with E-state index >= 15 is 0 Å². The lowest BCUT2D eigenvalue weighted by Gasteiger charge is -2.35. The zero-order valence-electron chi connectivity index (χ0n) is 14.2. The van der Waals surface area contributed by atoms with Gasteiger partial charge in [-0.05, 0) is 38.8 Å². The van der Waals surface area contributed by atoms with Crippen molar-refractivity contribution in [3.63, 3.8) is 0 Å². The van der Waals surface area contributed by atoms with Crippen molar-refractivity contribution in [3.05, 3.63) is 36.4 Å². The molecule has 0 N–H and O–H groups in total. The van der Waals surface area contributed by atoms with Gasteiger partial charge in [-0.25, -0.2) is 4.98 Å². The maximum atomic E-state index is 5.84. The van der Waals surface area contributed by atoms with Gasteiger partial charge in [-0.15, -0.1) is 0 Å². The summed E-state index contributed by atoms with van der Waals surface area (Å²) < 4.78 is 18.8. The van der Waals surface area contributed by atoms with E-state index in [4.69, 9.17) is 14.2 Å². The summed E-state index contributed by atoms with van der Waals surface area (Å²) >= 11 is 0. The van der Waals surface area contributed by atoms with Gasteiger partial charge in [0.15, 0.2) is 0 Å². The number of aromatic nitrogens is 2. The number of nitrogens with zero attached hydrogens (tertiary/aromatic N) is 2. The van der Waals surface area contributed by atoms with Crippen molar-refractivity contribution >= 4 is 0 Å². The topological polar surface area (TPSA) is 45.5 Å². The highest BCUT2D eigenvalue weighted by Crippen LogP contribution is 2.37. The van der Waals surface area contributed by atoms with Gasteiger partial charge in [0.2, 0.25) is 0 Å². The van der Waals surface area contributed by atoms with Crippen LogP contribution in [0.2, 0.25) is 0 Å². The van der Waals surface area contributed by atoms with Crippen LogP contribution in [0.25, 0.3) is 5.69 Å². The molecule has 1 aromatic carbocycles. The van der Waals surface area contributed by atoms with Gasteiger partial charge in [-0.1, -0.05) is 0 Å². The van der Waals surface area contributed by atoms with Crippen molar-refractivity contribution in [1.82, 2.24) is 9.55 Å². The Kier molecular flexibility index (Phi) is 4.31. The van der Waals surface area contributed by atoms with Gasteiger partial charge >= 0.3 is 0 Å². The molecular formula is C18H24N2O3. The van der Waals surface area contributed by atoms with Crippen molar-refractivity contribution in [2.24, 2.45) is 0 Å². The van der Waals surface area contributed by atoms with Crippen LogP contribution in [0.4, 0.5) is 0 Å². The van der Waals surface area contributed by atoms with Crippen molar-refractivity contribution in [3.8, 4) is 17.2 Å². The van der Waals surface area contributed by atoms with Gasteiger partial charge < -0.3 is 14.2 Å². The van der Waals surface area contributed by atoms with Crippen LogP contribution in [0.5, 0.6) is 11.5 Å². The lowest BCUT2D eigenvalue weighted by Crippen LogP contribution is -2.33. The molecule has 1 aliphatic heterocycles. The Balaban J connectivity index is 2.01. The number of hydrogen-bond donors (Lipinski definition) is 0. The van der Waals surface area contributed by atoms with Gasteiger partial charge in [0, 0.05) is 31.0 Å². The number of imidazole rings is 1. The molecule has 1 saturated heterocycles. The minimum Gasteiger partial charge on any atom is -0.497 e. The summed E-state index contributed by atoms with van der Waals surface area (Å²) in [5, 5.41) is 0. The average molecular weight is 316 g/mol. The maximum absolute atomic E-state index is 5.84. The van der Waals surface area contributed by atoms with Crippen LogP contribution in [0.3, 0.4) is 0 Å². The molecule has 0 saturated carbocycles. The molecular weight excluding hydrogens is 292 g/mol. The van der Waals surface area contributed by atoms with Gasteiger partial charge in [-0.3, -0.25) is 4.57 Å². The molecule has 0 aliphatic carbocycles. The molecule has 124 valence electrons. The highest BCUT2D eigenvalue weighted by atomic mass is 16.5. The van der Waals surface area contributed by atoms with Crippen LogP contribution in [0, 0.1) is 0 Å². The highest BCUT2D eigenvalue weighted by Gasteiger charge is 2.32. The predicted octanol–water partition coefficient (Wildman–Crippen LogP) is 3.56. The minimum absolute atomic E-state index is 0.113. The smallest absolute Gasteiger partial charge is 0.143 e. The van der Waals surface area contributed by atoms with E-state index in [0.717, 1.165) is 42.5 Å². The summed E-state index contributed by atoms with van der Waals surface area (Å²) in [6.07, 6.45) is 5.76. The summed E-state index contributed by atoms with van der Waals surface area (Å²) in [6, 6.07) is 5.80. The van der Waals surface area contributed by atoms with Crippen LogP contribution in [0.15, 0.2) is 30.6 Å². The molecule has 1 atom stereocenters. The second-order valence-corrected chi connectivity index (χ2v) is 6.49. The van der Waals surface area contributed by atoms with Crippen molar-refractivity contribution < 1.29 is 14.2 Å². The molecule has 23 heavy (non-hydrogen) atoms. The second-order valence-electron chi connectivity index (χ2n) is 6.49. The van der Waals surface area contributed by atoms with E-state index in [0.29, 0.717) is 5.92 Å². The Morgan fingerprint density at radius 2 is 2.09 bits per heavy atom. The summed E-state index contributed by atoms with van der Waals surface area (Å²) in [7, 11) is 3.35. The summed E-state index contributed by atoms with van der Waals surface area (Å²) in [5.74, 6) is 3.02. The highest BCUT2D eigenvalue weighted by molar-refractivity contribution is 5.52. The first-order valence-corrected chi connectivity index (χ1v) is 7.93. The van der Waals surface area contributed by atoms with E-state index in [-0.39, 0.29) is 5.60 Å². The van der Waals surface area contributed by atoms with Gasteiger partial charge in [-0.2, -0.15) is 0 Å². The first-order valence-electron chi connectivity index (χ1n) is 7.93. The van der Waals surface area contributed by atoms with Gasteiger partial charge in [0.1, 0.15) is 17.3 Å². The molecule has 0 spiro atoms. The Labute approximate surface area is 137 Å². The van der Waals surface area contributed by atoms with Gasteiger partial charge in [0.05, 0.1) is 25.5 Å². The lowest BCUT2D eigenvalue weighted by atomic mass is 9.87. The second kappa shape index (κ2) is 6.24. The molecule has 1 unspecified atom stereocenters. The predicted molar refractivity (Wildman–Crippen MR) is 88.7 cm³/mol. The maximum Gasteiger partial charge on any atom is 0.143 e. The minimum atomic E-state index is -0.113. The lowest BCUT2D eigenvalue weighted by molar-refractivity contribution is -0.0604. The largest absolute Gasteiger partial charge is 0.497 e. The summed E-state index contributed by atoms with van der Waals surface area (Å²) in [6.45, 7) is 5.04. The normalized spacial score (nSPS) is 20.3. The first-order chi connectivity index (χ1) is 11.0. The average Bonchev–Trinajstić information content (AvgIpc) is 3.02. The molecule has 1 aliphatic rings. The van der Waals surface area contributed by atoms with Crippen LogP contribution < -0.4 is 9.47 Å². The number of methoxy groups -OCH3 is 2. The van der Waals surface area contributed by atoms with Crippen LogP contribution in [0.1, 0.15) is 38.4 Å². The number of rotatable bonds is 4. The number of ether oxygens (including phenoxy) is 3. The zero-order valence-corrected chi connectivity index (χ0v) is 14.2. The van der Waals surface area contributed by atoms with Crippen molar-refractivity contribution in [2.45, 2.75) is 38.2 Å². The molecule has 0 bridgehead atoms. The third-order valence-electron chi connectivity index (χ3n) is 4.38. The molecule has 1 aromatic heterocycles. The van der Waals surface area contributed by atoms with Crippen LogP contribution >= 0.6 is 0 Å². The molecule has 3 rings (SSSR count). The Morgan fingerprint density at radius 3 is 2.78 bits per heavy atom. The fourth-order valence-corrected chi connectivity index (χ4v) is 3.26. The standard InChI is InChI=1S/C18H24N2O3/c1-18(2)12-13(7-10-23-18)17-19-8-9-20(17)15-11-14(21-3)5-6-16(15)22-4/h5-6,8-9,11,13H,7,10,12H2,1-4H3. The van der Waals surface area contributed by atoms with Gasteiger partial charge in [0.25, 0.3) is 0 Å². The van der Waals surface area contributed by atoms with E-state index in [2.05, 4.69) is 23.4 Å². The molecule has 2 heterocycles.